The van der Waals surface area contributed by atoms with Crippen molar-refractivity contribution < 1.29 is 9.50 Å². The van der Waals surface area contributed by atoms with Gasteiger partial charge in [0.05, 0.1) is 17.5 Å². The van der Waals surface area contributed by atoms with E-state index < -0.39 is 0 Å². The summed E-state index contributed by atoms with van der Waals surface area (Å²) in [6.07, 6.45) is 1.64. The molecule has 18 heavy (non-hydrogen) atoms. The van der Waals surface area contributed by atoms with Gasteiger partial charge in [0, 0.05) is 18.8 Å². The van der Waals surface area contributed by atoms with E-state index >= 15 is 0 Å². The highest BCUT2D eigenvalue weighted by molar-refractivity contribution is 7.15. The smallest absolute Gasteiger partial charge is 0.185 e. The lowest BCUT2D eigenvalue weighted by Crippen LogP contribution is -2.22. The van der Waals surface area contributed by atoms with Crippen molar-refractivity contribution in [3.8, 4) is 0 Å². The van der Waals surface area contributed by atoms with E-state index in [4.69, 9.17) is 5.11 Å². The molecule has 0 aliphatic heterocycles. The van der Waals surface area contributed by atoms with Crippen molar-refractivity contribution in [2.75, 3.05) is 11.9 Å². The molecule has 96 valence electrons. The molecule has 1 aromatic heterocycles. The first-order valence-electron chi connectivity index (χ1n) is 5.66. The van der Waals surface area contributed by atoms with Crippen LogP contribution in [0.15, 0.2) is 30.5 Å². The molecular weight excluding hydrogens is 251 g/mol. The zero-order valence-electron chi connectivity index (χ0n) is 10.3. The van der Waals surface area contributed by atoms with Gasteiger partial charge in [-0.15, -0.1) is 0 Å². The molecule has 1 aromatic carbocycles. The molecule has 0 saturated heterocycles. The number of aliphatic hydroxyl groups is 1. The van der Waals surface area contributed by atoms with Gasteiger partial charge in [0.25, 0.3) is 0 Å². The Kier molecular flexibility index (Phi) is 3.93. The molecule has 0 spiro atoms. The molecule has 0 radical (unpaired) electrons. The number of hydrogen-bond donors (Lipinski definition) is 1. The highest BCUT2D eigenvalue weighted by Gasteiger charge is 2.17. The minimum atomic E-state index is -0.212. The third-order valence-electron chi connectivity index (χ3n) is 2.94. The Balaban J connectivity index is 2.23. The van der Waals surface area contributed by atoms with Gasteiger partial charge in [0.1, 0.15) is 5.82 Å². The van der Waals surface area contributed by atoms with E-state index in [1.165, 1.54) is 17.4 Å². The van der Waals surface area contributed by atoms with Crippen molar-refractivity contribution in [3.05, 3.63) is 46.7 Å². The first-order valence-corrected chi connectivity index (χ1v) is 6.48. The lowest BCUT2D eigenvalue weighted by Gasteiger charge is -2.24. The summed E-state index contributed by atoms with van der Waals surface area (Å²) in [5.74, 6) is -0.212. The molecule has 5 heteroatoms. The fraction of sp³-hybridized carbons (Fsp3) is 0.308. The Morgan fingerprint density at radius 1 is 1.44 bits per heavy atom. The standard InChI is InChI=1S/C13H15FN2OS/c1-9(11-5-3-4-6-12(11)14)16(2)13-15-7-10(8-17)18-13/h3-7,9,17H,8H2,1-2H3. The van der Waals surface area contributed by atoms with Crippen LogP contribution in [0.4, 0.5) is 9.52 Å². The van der Waals surface area contributed by atoms with Crippen LogP contribution in [-0.4, -0.2) is 17.1 Å². The minimum Gasteiger partial charge on any atom is -0.391 e. The van der Waals surface area contributed by atoms with E-state index in [0.717, 1.165) is 10.0 Å². The molecule has 1 N–H and O–H groups in total. The molecule has 0 fully saturated rings. The Morgan fingerprint density at radius 3 is 2.78 bits per heavy atom. The largest absolute Gasteiger partial charge is 0.391 e. The third-order valence-corrected chi connectivity index (χ3v) is 4.01. The van der Waals surface area contributed by atoms with Crippen LogP contribution in [0.5, 0.6) is 0 Å². The summed E-state index contributed by atoms with van der Waals surface area (Å²) in [7, 11) is 1.87. The van der Waals surface area contributed by atoms with Crippen LogP contribution < -0.4 is 4.90 Å². The summed E-state index contributed by atoms with van der Waals surface area (Å²) in [6.45, 7) is 1.91. The number of hydrogen-bond acceptors (Lipinski definition) is 4. The molecule has 1 unspecified atom stereocenters. The molecule has 0 saturated carbocycles. The van der Waals surface area contributed by atoms with Crippen molar-refractivity contribution in [1.29, 1.82) is 0 Å². The SMILES string of the molecule is CC(c1ccccc1F)N(C)c1ncc(CO)s1. The summed E-state index contributed by atoms with van der Waals surface area (Å²) in [5.41, 5.74) is 0.640. The molecule has 0 aliphatic carbocycles. The number of nitrogens with zero attached hydrogens (tertiary/aromatic N) is 2. The number of benzene rings is 1. The highest BCUT2D eigenvalue weighted by Crippen LogP contribution is 2.29. The van der Waals surface area contributed by atoms with Gasteiger partial charge < -0.3 is 10.0 Å². The molecule has 2 aromatic rings. The number of halogens is 1. The van der Waals surface area contributed by atoms with Gasteiger partial charge in [-0.25, -0.2) is 9.37 Å². The molecule has 1 atom stereocenters. The van der Waals surface area contributed by atoms with Gasteiger partial charge in [0.15, 0.2) is 5.13 Å². The Morgan fingerprint density at radius 2 is 2.17 bits per heavy atom. The second-order valence-electron chi connectivity index (χ2n) is 4.08. The maximum atomic E-state index is 13.7. The van der Waals surface area contributed by atoms with E-state index in [1.807, 2.05) is 24.9 Å². The molecule has 0 amide bonds. The van der Waals surface area contributed by atoms with Crippen molar-refractivity contribution in [1.82, 2.24) is 4.98 Å². The zero-order chi connectivity index (χ0) is 13.1. The second-order valence-corrected chi connectivity index (χ2v) is 5.17. The van der Waals surface area contributed by atoms with E-state index in [1.54, 1.807) is 18.3 Å². The summed E-state index contributed by atoms with van der Waals surface area (Å²) in [4.78, 5) is 6.93. The van der Waals surface area contributed by atoms with Gasteiger partial charge in [-0.3, -0.25) is 0 Å². The Labute approximate surface area is 110 Å². The normalized spacial score (nSPS) is 12.4. The predicted molar refractivity (Wildman–Crippen MR) is 71.3 cm³/mol. The van der Waals surface area contributed by atoms with Crippen LogP contribution >= 0.6 is 11.3 Å². The van der Waals surface area contributed by atoms with Crippen LogP contribution in [-0.2, 0) is 6.61 Å². The fourth-order valence-electron chi connectivity index (χ4n) is 1.72. The quantitative estimate of drug-likeness (QED) is 0.924. The van der Waals surface area contributed by atoms with Gasteiger partial charge in [0.2, 0.25) is 0 Å². The van der Waals surface area contributed by atoms with Crippen LogP contribution in [0, 0.1) is 5.82 Å². The fourth-order valence-corrected chi connectivity index (χ4v) is 2.53. The van der Waals surface area contributed by atoms with E-state index in [9.17, 15) is 4.39 Å². The first kappa shape index (κ1) is 13.0. The number of anilines is 1. The lowest BCUT2D eigenvalue weighted by atomic mass is 10.1. The minimum absolute atomic E-state index is 0.0143. The van der Waals surface area contributed by atoms with Gasteiger partial charge in [-0.2, -0.15) is 0 Å². The van der Waals surface area contributed by atoms with E-state index in [2.05, 4.69) is 4.98 Å². The molecule has 0 aliphatic rings. The molecular formula is C13H15FN2OS. The summed E-state index contributed by atoms with van der Waals surface area (Å²) in [5, 5.41) is 9.80. The summed E-state index contributed by atoms with van der Waals surface area (Å²) < 4.78 is 13.7. The van der Waals surface area contributed by atoms with Gasteiger partial charge in [-0.1, -0.05) is 29.5 Å². The van der Waals surface area contributed by atoms with E-state index in [0.29, 0.717) is 5.56 Å². The number of thiazole rings is 1. The topological polar surface area (TPSA) is 36.4 Å². The second kappa shape index (κ2) is 5.46. The predicted octanol–water partition coefficient (Wildman–Crippen LogP) is 2.97. The number of rotatable bonds is 4. The zero-order valence-corrected chi connectivity index (χ0v) is 11.1. The maximum Gasteiger partial charge on any atom is 0.185 e. The first-order chi connectivity index (χ1) is 8.63. The van der Waals surface area contributed by atoms with Gasteiger partial charge >= 0.3 is 0 Å². The summed E-state index contributed by atoms with van der Waals surface area (Å²) in [6, 6.07) is 6.63. The Hall–Kier alpha value is -1.46. The van der Waals surface area contributed by atoms with Crippen molar-refractivity contribution in [2.24, 2.45) is 0 Å². The maximum absolute atomic E-state index is 13.7. The van der Waals surface area contributed by atoms with Crippen LogP contribution in [0.2, 0.25) is 0 Å². The lowest BCUT2D eigenvalue weighted by molar-refractivity contribution is 0.285. The average molecular weight is 266 g/mol. The van der Waals surface area contributed by atoms with Gasteiger partial charge in [-0.05, 0) is 13.0 Å². The van der Waals surface area contributed by atoms with Crippen LogP contribution in [0.3, 0.4) is 0 Å². The van der Waals surface area contributed by atoms with Crippen molar-refractivity contribution >= 4 is 16.5 Å². The van der Waals surface area contributed by atoms with Crippen molar-refractivity contribution in [3.63, 3.8) is 0 Å². The molecule has 2 rings (SSSR count). The van der Waals surface area contributed by atoms with Crippen LogP contribution in [0.25, 0.3) is 0 Å². The van der Waals surface area contributed by atoms with Crippen molar-refractivity contribution in [2.45, 2.75) is 19.6 Å². The molecule has 1 heterocycles. The number of aromatic nitrogens is 1. The molecule has 0 bridgehead atoms. The Bertz CT molecular complexity index is 529. The van der Waals surface area contributed by atoms with Crippen LogP contribution in [0.1, 0.15) is 23.4 Å². The third kappa shape index (κ3) is 2.52. The highest BCUT2D eigenvalue weighted by atomic mass is 32.1. The molecule has 3 nitrogen and oxygen atoms in total. The number of aliphatic hydroxyl groups excluding tert-OH is 1. The van der Waals surface area contributed by atoms with E-state index in [-0.39, 0.29) is 18.5 Å². The average Bonchev–Trinajstić information content (AvgIpc) is 2.86. The summed E-state index contributed by atoms with van der Waals surface area (Å²) >= 11 is 1.41. The monoisotopic (exact) mass is 266 g/mol.